The molecule has 0 amide bonds. The molecule has 1 saturated heterocycles. The average Bonchev–Trinajstić information content (AvgIpc) is 1.63. The number of halogens is 1. The zero-order chi connectivity index (χ0) is 6.20. The maximum atomic E-state index is 2.40. The number of likely N-dealkylation sites (tertiary alicyclic amines) is 1. The van der Waals surface area contributed by atoms with E-state index in [1.807, 2.05) is 0 Å². The molecule has 1 heterocycles. The van der Waals surface area contributed by atoms with E-state index in [1.165, 1.54) is 13.1 Å². The molecule has 0 aromatic rings. The van der Waals surface area contributed by atoms with Crippen molar-refractivity contribution in [2.45, 2.75) is 10.3 Å². The normalized spacial score (nSPS) is 27.9. The van der Waals surface area contributed by atoms with E-state index in [1.54, 1.807) is 0 Å². The van der Waals surface area contributed by atoms with Crippen LogP contribution in [0.5, 0.6) is 0 Å². The minimum atomic E-state index is 0.479. The van der Waals surface area contributed by atoms with Crippen molar-refractivity contribution in [3.8, 4) is 0 Å². The average molecular weight is 226 g/mol. The van der Waals surface area contributed by atoms with Gasteiger partial charge in [0.1, 0.15) is 0 Å². The topological polar surface area (TPSA) is 3.24 Å². The van der Waals surface area contributed by atoms with Gasteiger partial charge in [-0.05, 0) is 0 Å². The van der Waals surface area contributed by atoms with Gasteiger partial charge in [0.2, 0.25) is 0 Å². The van der Waals surface area contributed by atoms with Crippen molar-refractivity contribution in [1.29, 1.82) is 0 Å². The number of rotatable bonds is 1. The minimum absolute atomic E-state index is 0.479. The van der Waals surface area contributed by atoms with Crippen LogP contribution >= 0.6 is 0 Å². The van der Waals surface area contributed by atoms with E-state index in [2.05, 4.69) is 23.8 Å². The molecule has 0 aromatic heterocycles. The van der Waals surface area contributed by atoms with Crippen LogP contribution in [0, 0.1) is 0 Å². The SMILES string of the molecule is C[I-]C1(C)CN(C)C1. The Labute approximate surface area is 61.7 Å². The van der Waals surface area contributed by atoms with Gasteiger partial charge in [-0.15, -0.1) is 0 Å². The fraction of sp³-hybridized carbons (Fsp3) is 1.00. The Balaban J connectivity index is 2.30. The number of alkyl halides is 2. The molecule has 1 nitrogen and oxygen atoms in total. The maximum absolute atomic E-state index is 2.40. The van der Waals surface area contributed by atoms with Gasteiger partial charge < -0.3 is 0 Å². The van der Waals surface area contributed by atoms with Crippen molar-refractivity contribution in [1.82, 2.24) is 4.90 Å². The molecule has 50 valence electrons. The van der Waals surface area contributed by atoms with Crippen LogP contribution in [0.3, 0.4) is 0 Å². The molecule has 0 radical (unpaired) electrons. The summed E-state index contributed by atoms with van der Waals surface area (Å²) in [6, 6.07) is 0. The summed E-state index contributed by atoms with van der Waals surface area (Å²) in [5, 5.41) is 0. The van der Waals surface area contributed by atoms with Crippen LogP contribution in [0.1, 0.15) is 6.92 Å². The van der Waals surface area contributed by atoms with Gasteiger partial charge in [0, 0.05) is 0 Å². The van der Waals surface area contributed by atoms with Crippen LogP contribution in [0.15, 0.2) is 0 Å². The van der Waals surface area contributed by atoms with Crippen molar-refractivity contribution in [3.05, 3.63) is 0 Å². The van der Waals surface area contributed by atoms with E-state index < -0.39 is 0 Å². The standard InChI is InChI=1S/C6H13IN/c1-6(7-2)4-8(3)5-6/h4-5H2,1-3H3/q-1. The number of nitrogens with zero attached hydrogens (tertiary/aromatic N) is 1. The van der Waals surface area contributed by atoms with E-state index in [4.69, 9.17) is 0 Å². The summed E-state index contributed by atoms with van der Waals surface area (Å²) in [7, 11) is 2.20. The van der Waals surface area contributed by atoms with E-state index >= 15 is 0 Å². The van der Waals surface area contributed by atoms with Crippen molar-refractivity contribution >= 4 is 0 Å². The summed E-state index contributed by atoms with van der Waals surface area (Å²) in [4.78, 5) is 4.77. The molecule has 0 aromatic carbocycles. The predicted octanol–water partition coefficient (Wildman–Crippen LogP) is -2.59. The van der Waals surface area contributed by atoms with Gasteiger partial charge in [-0.1, -0.05) is 0 Å². The van der Waals surface area contributed by atoms with Crippen molar-refractivity contribution in [2.75, 3.05) is 25.1 Å². The van der Waals surface area contributed by atoms with Crippen LogP contribution < -0.4 is 21.2 Å². The third-order valence-electron chi connectivity index (χ3n) is 1.66. The molecule has 0 N–H and O–H groups in total. The van der Waals surface area contributed by atoms with Crippen LogP contribution in [0.25, 0.3) is 0 Å². The van der Waals surface area contributed by atoms with Gasteiger partial charge in [0.25, 0.3) is 0 Å². The second-order valence-electron chi connectivity index (χ2n) is 2.77. The first-order chi connectivity index (χ1) is 3.66. The Morgan fingerprint density at radius 3 is 2.12 bits per heavy atom. The first-order valence-corrected chi connectivity index (χ1v) is 6.09. The summed E-state index contributed by atoms with van der Waals surface area (Å²) in [5.41, 5.74) is 0. The molecule has 2 heteroatoms. The zero-order valence-electron chi connectivity index (χ0n) is 5.74. The third kappa shape index (κ3) is 1.16. The molecule has 0 aliphatic carbocycles. The summed E-state index contributed by atoms with van der Waals surface area (Å²) < 4.78 is 0.771. The molecule has 1 fully saturated rings. The molecule has 0 spiro atoms. The Kier molecular flexibility index (Phi) is 1.82. The Morgan fingerprint density at radius 1 is 1.50 bits per heavy atom. The van der Waals surface area contributed by atoms with Crippen LogP contribution in [0.2, 0.25) is 0 Å². The Morgan fingerprint density at radius 2 is 2.00 bits per heavy atom. The predicted molar refractivity (Wildman–Crippen MR) is 31.8 cm³/mol. The van der Waals surface area contributed by atoms with Crippen LogP contribution in [0.4, 0.5) is 0 Å². The quantitative estimate of drug-likeness (QED) is 0.350. The van der Waals surface area contributed by atoms with Crippen molar-refractivity contribution in [2.24, 2.45) is 0 Å². The molecule has 0 unspecified atom stereocenters. The van der Waals surface area contributed by atoms with E-state index in [-0.39, 0.29) is 0 Å². The molecular weight excluding hydrogens is 213 g/mol. The summed E-state index contributed by atoms with van der Waals surface area (Å²) in [5.74, 6) is 0. The molecule has 1 rings (SSSR count). The third-order valence-corrected chi connectivity index (χ3v) is 4.94. The van der Waals surface area contributed by atoms with Crippen molar-refractivity contribution in [3.63, 3.8) is 0 Å². The van der Waals surface area contributed by atoms with Gasteiger partial charge in [0.05, 0.1) is 0 Å². The fourth-order valence-electron chi connectivity index (χ4n) is 1.20. The molecule has 8 heavy (non-hydrogen) atoms. The molecular formula is C6H13IN-. The van der Waals surface area contributed by atoms with E-state index in [9.17, 15) is 0 Å². The Bertz CT molecular complexity index is 86.5. The van der Waals surface area contributed by atoms with Gasteiger partial charge in [0.15, 0.2) is 0 Å². The van der Waals surface area contributed by atoms with Crippen LogP contribution in [-0.4, -0.2) is 33.4 Å². The summed E-state index contributed by atoms with van der Waals surface area (Å²) in [6.07, 6.45) is 0. The first kappa shape index (κ1) is 6.81. The fourth-order valence-corrected chi connectivity index (χ4v) is 3.05. The van der Waals surface area contributed by atoms with E-state index in [0.29, 0.717) is 21.2 Å². The van der Waals surface area contributed by atoms with Gasteiger partial charge in [-0.3, -0.25) is 0 Å². The molecule has 0 bridgehead atoms. The van der Waals surface area contributed by atoms with Crippen molar-refractivity contribution < 1.29 is 21.2 Å². The monoisotopic (exact) mass is 226 g/mol. The zero-order valence-corrected chi connectivity index (χ0v) is 7.90. The second-order valence-corrected chi connectivity index (χ2v) is 6.46. The van der Waals surface area contributed by atoms with E-state index in [0.717, 1.165) is 3.42 Å². The number of hydrogen-bond donors (Lipinski definition) is 0. The second kappa shape index (κ2) is 2.14. The van der Waals surface area contributed by atoms with Gasteiger partial charge >= 0.3 is 61.5 Å². The molecule has 0 saturated carbocycles. The molecule has 1 aliphatic heterocycles. The summed E-state index contributed by atoms with van der Waals surface area (Å²) in [6.45, 7) is 5.09. The first-order valence-electron chi connectivity index (χ1n) is 2.85. The van der Waals surface area contributed by atoms with Gasteiger partial charge in [-0.25, -0.2) is 0 Å². The van der Waals surface area contributed by atoms with Gasteiger partial charge in [-0.2, -0.15) is 0 Å². The van der Waals surface area contributed by atoms with Crippen LogP contribution in [-0.2, 0) is 0 Å². The molecule has 0 atom stereocenters. The molecule has 1 aliphatic rings. The summed E-state index contributed by atoms with van der Waals surface area (Å²) >= 11 is 0.479. The number of hydrogen-bond acceptors (Lipinski definition) is 1. The Hall–Kier alpha value is 0.690.